The second kappa shape index (κ2) is 12.0. The number of ether oxygens (including phenoxy) is 2. The van der Waals surface area contributed by atoms with Crippen LogP contribution >= 0.6 is 35.6 Å². The number of hydrogen-bond acceptors (Lipinski definition) is 5. The van der Waals surface area contributed by atoms with Gasteiger partial charge in [-0.2, -0.15) is 0 Å². The van der Waals surface area contributed by atoms with E-state index in [1.165, 1.54) is 5.56 Å². The van der Waals surface area contributed by atoms with Crippen LogP contribution in [-0.2, 0) is 6.42 Å². The van der Waals surface area contributed by atoms with E-state index >= 15 is 0 Å². The lowest BCUT2D eigenvalue weighted by Crippen LogP contribution is -2.45. The van der Waals surface area contributed by atoms with E-state index in [2.05, 4.69) is 25.5 Å². The normalized spacial score (nSPS) is 16.1. The van der Waals surface area contributed by atoms with Crippen molar-refractivity contribution in [1.82, 2.24) is 15.6 Å². The monoisotopic (exact) mass is 545 g/mol. The van der Waals surface area contributed by atoms with Gasteiger partial charge in [0.05, 0.1) is 19.2 Å². The molecule has 0 aliphatic carbocycles. The molecule has 164 valence electrons. The zero-order chi connectivity index (χ0) is 20.6. The Morgan fingerprint density at radius 1 is 1.27 bits per heavy atom. The molecule has 2 heterocycles. The van der Waals surface area contributed by atoms with Crippen LogP contribution in [0.2, 0.25) is 5.02 Å². The minimum Gasteiger partial charge on any atom is -0.493 e. The van der Waals surface area contributed by atoms with Gasteiger partial charge in [-0.05, 0) is 42.7 Å². The molecular weight excluding hydrogens is 517 g/mol. The number of guanidine groups is 1. The molecule has 1 fully saturated rings. The number of halogens is 2. The summed E-state index contributed by atoms with van der Waals surface area (Å²) in [5, 5.41) is 7.56. The maximum atomic E-state index is 6.27. The highest BCUT2D eigenvalue weighted by atomic mass is 127. The lowest BCUT2D eigenvalue weighted by atomic mass is 10.1. The van der Waals surface area contributed by atoms with E-state index < -0.39 is 0 Å². The van der Waals surface area contributed by atoms with Crippen LogP contribution in [0.25, 0.3) is 0 Å². The highest BCUT2D eigenvalue weighted by molar-refractivity contribution is 14.0. The van der Waals surface area contributed by atoms with Crippen molar-refractivity contribution in [2.45, 2.75) is 18.9 Å². The summed E-state index contributed by atoms with van der Waals surface area (Å²) in [6.45, 7) is 2.52. The Labute approximate surface area is 200 Å². The summed E-state index contributed by atoms with van der Waals surface area (Å²) in [7, 11) is 5.07. The minimum absolute atomic E-state index is 0. The summed E-state index contributed by atoms with van der Waals surface area (Å²) in [5.74, 6) is 3.12. The molecule has 2 aromatic rings. The van der Waals surface area contributed by atoms with Gasteiger partial charge in [0.1, 0.15) is 5.82 Å². The Morgan fingerprint density at radius 2 is 2.07 bits per heavy atom. The van der Waals surface area contributed by atoms with Gasteiger partial charge in [-0.1, -0.05) is 17.7 Å². The van der Waals surface area contributed by atoms with Crippen LogP contribution in [0.15, 0.2) is 41.5 Å². The summed E-state index contributed by atoms with van der Waals surface area (Å²) >= 11 is 6.27. The van der Waals surface area contributed by atoms with Crippen molar-refractivity contribution in [3.05, 3.63) is 47.1 Å². The SMILES string of the molecule is CN=C(NCCc1ccc(OC)c(OC)c1)NC1CCN(c2ncccc2Cl)C1.I. The number of benzene rings is 1. The fourth-order valence-electron chi connectivity index (χ4n) is 3.43. The molecule has 9 heteroatoms. The van der Waals surface area contributed by atoms with E-state index in [9.17, 15) is 0 Å². The number of rotatable bonds is 7. The van der Waals surface area contributed by atoms with Crippen LogP contribution in [0, 0.1) is 0 Å². The molecule has 1 saturated heterocycles. The van der Waals surface area contributed by atoms with E-state index in [0.29, 0.717) is 11.1 Å². The van der Waals surface area contributed by atoms with Crippen LogP contribution in [0.4, 0.5) is 5.82 Å². The first-order chi connectivity index (χ1) is 14.1. The van der Waals surface area contributed by atoms with Crippen molar-refractivity contribution in [2.24, 2.45) is 4.99 Å². The minimum atomic E-state index is 0. The summed E-state index contributed by atoms with van der Waals surface area (Å²) in [5.41, 5.74) is 1.17. The highest BCUT2D eigenvalue weighted by Gasteiger charge is 2.25. The van der Waals surface area contributed by atoms with Gasteiger partial charge in [0.15, 0.2) is 17.5 Å². The zero-order valence-electron chi connectivity index (χ0n) is 17.5. The van der Waals surface area contributed by atoms with E-state index in [0.717, 1.165) is 55.8 Å². The first kappa shape index (κ1) is 24.3. The predicted molar refractivity (Wildman–Crippen MR) is 133 cm³/mol. The van der Waals surface area contributed by atoms with Crippen LogP contribution in [0.5, 0.6) is 11.5 Å². The van der Waals surface area contributed by atoms with Gasteiger partial charge in [0, 0.05) is 38.9 Å². The van der Waals surface area contributed by atoms with Crippen LogP contribution in [0.3, 0.4) is 0 Å². The zero-order valence-corrected chi connectivity index (χ0v) is 20.6. The molecule has 30 heavy (non-hydrogen) atoms. The van der Waals surface area contributed by atoms with Crippen molar-refractivity contribution in [3.63, 3.8) is 0 Å². The molecule has 0 radical (unpaired) electrons. The van der Waals surface area contributed by atoms with E-state index in [-0.39, 0.29) is 24.0 Å². The molecule has 0 spiro atoms. The number of hydrogen-bond donors (Lipinski definition) is 2. The molecule has 0 amide bonds. The molecule has 1 aromatic carbocycles. The number of anilines is 1. The summed E-state index contributed by atoms with van der Waals surface area (Å²) < 4.78 is 10.7. The molecule has 1 aliphatic heterocycles. The Bertz CT molecular complexity index is 852. The fraction of sp³-hybridized carbons (Fsp3) is 0.429. The maximum absolute atomic E-state index is 6.27. The van der Waals surface area contributed by atoms with Crippen LogP contribution in [-0.4, -0.2) is 57.9 Å². The number of nitrogens with zero attached hydrogens (tertiary/aromatic N) is 3. The van der Waals surface area contributed by atoms with Crippen molar-refractivity contribution < 1.29 is 9.47 Å². The predicted octanol–water partition coefficient (Wildman–Crippen LogP) is 3.36. The number of aromatic nitrogens is 1. The van der Waals surface area contributed by atoms with Gasteiger partial charge in [0.2, 0.25) is 0 Å². The van der Waals surface area contributed by atoms with Crippen molar-refractivity contribution in [2.75, 3.05) is 45.8 Å². The molecule has 3 rings (SSSR count). The molecule has 0 saturated carbocycles. The third kappa shape index (κ3) is 6.28. The van der Waals surface area contributed by atoms with Gasteiger partial charge in [-0.25, -0.2) is 4.98 Å². The van der Waals surface area contributed by atoms with Crippen molar-refractivity contribution in [3.8, 4) is 11.5 Å². The quantitative estimate of drug-likeness (QED) is 0.316. The van der Waals surface area contributed by atoms with Crippen molar-refractivity contribution >= 4 is 47.4 Å². The average Bonchev–Trinajstić information content (AvgIpc) is 3.21. The topological polar surface area (TPSA) is 71.0 Å². The Kier molecular flexibility index (Phi) is 9.77. The number of pyridine rings is 1. The standard InChI is InChI=1S/C21H28ClN5O2.HI/c1-23-21(25-11-8-15-6-7-18(28-2)19(13-15)29-3)26-16-9-12-27(14-16)20-17(22)5-4-10-24-20;/h4-7,10,13,16H,8-9,11-12,14H2,1-3H3,(H2,23,25,26);1H. The molecule has 1 aliphatic rings. The molecular formula is C21H29ClIN5O2. The Hall–Kier alpha value is -1.94. The lowest BCUT2D eigenvalue weighted by Gasteiger charge is -2.20. The number of methoxy groups -OCH3 is 2. The first-order valence-electron chi connectivity index (χ1n) is 9.68. The maximum Gasteiger partial charge on any atom is 0.191 e. The largest absolute Gasteiger partial charge is 0.493 e. The first-order valence-corrected chi connectivity index (χ1v) is 10.1. The number of nitrogens with one attached hydrogen (secondary N) is 2. The third-order valence-corrected chi connectivity index (χ3v) is 5.24. The van der Waals surface area contributed by atoms with Gasteiger partial charge < -0.3 is 25.0 Å². The molecule has 7 nitrogen and oxygen atoms in total. The van der Waals surface area contributed by atoms with Gasteiger partial charge in [-0.15, -0.1) is 24.0 Å². The average molecular weight is 546 g/mol. The summed E-state index contributed by atoms with van der Waals surface area (Å²) in [6.07, 6.45) is 3.63. The highest BCUT2D eigenvalue weighted by Crippen LogP contribution is 2.28. The summed E-state index contributed by atoms with van der Waals surface area (Å²) in [4.78, 5) is 11.0. The van der Waals surface area contributed by atoms with E-state index in [1.807, 2.05) is 30.3 Å². The summed E-state index contributed by atoms with van der Waals surface area (Å²) in [6, 6.07) is 9.99. The Balaban J connectivity index is 0.00000320. The van der Waals surface area contributed by atoms with Crippen molar-refractivity contribution in [1.29, 1.82) is 0 Å². The van der Waals surface area contributed by atoms with E-state index in [4.69, 9.17) is 21.1 Å². The Morgan fingerprint density at radius 3 is 2.77 bits per heavy atom. The lowest BCUT2D eigenvalue weighted by molar-refractivity contribution is 0.354. The van der Waals surface area contributed by atoms with Gasteiger partial charge in [-0.3, -0.25) is 4.99 Å². The van der Waals surface area contributed by atoms with Gasteiger partial charge >= 0.3 is 0 Å². The molecule has 1 aromatic heterocycles. The van der Waals surface area contributed by atoms with Gasteiger partial charge in [0.25, 0.3) is 0 Å². The molecule has 0 bridgehead atoms. The van der Waals surface area contributed by atoms with Crippen LogP contribution < -0.4 is 25.0 Å². The fourth-order valence-corrected chi connectivity index (χ4v) is 3.67. The molecule has 2 N–H and O–H groups in total. The molecule has 1 atom stereocenters. The second-order valence-corrected chi connectivity index (χ2v) is 7.23. The third-order valence-electron chi connectivity index (χ3n) is 4.95. The smallest absolute Gasteiger partial charge is 0.191 e. The second-order valence-electron chi connectivity index (χ2n) is 6.82. The van der Waals surface area contributed by atoms with Crippen LogP contribution in [0.1, 0.15) is 12.0 Å². The molecule has 1 unspecified atom stereocenters. The van der Waals surface area contributed by atoms with E-state index in [1.54, 1.807) is 27.5 Å². The number of aliphatic imine (C=N–C) groups is 1.